The lowest BCUT2D eigenvalue weighted by molar-refractivity contribution is -0.144. The van der Waals surface area contributed by atoms with Crippen molar-refractivity contribution in [3.8, 4) is 0 Å². The predicted octanol–water partition coefficient (Wildman–Crippen LogP) is -2.69. The predicted molar refractivity (Wildman–Crippen MR) is 113 cm³/mol. The molecule has 0 aliphatic rings. The molecule has 0 aromatic carbocycles. The van der Waals surface area contributed by atoms with Gasteiger partial charge in [-0.25, -0.2) is 4.79 Å². The fourth-order valence-corrected chi connectivity index (χ4v) is 2.64. The number of aliphatic carboxylic acids is 1. The van der Waals surface area contributed by atoms with E-state index in [1.807, 2.05) is 6.92 Å². The first-order valence-corrected chi connectivity index (χ1v) is 10.2. The third-order valence-corrected chi connectivity index (χ3v) is 4.86. The van der Waals surface area contributed by atoms with E-state index in [9.17, 15) is 28.8 Å². The van der Waals surface area contributed by atoms with E-state index in [-0.39, 0.29) is 5.92 Å². The van der Waals surface area contributed by atoms with E-state index in [1.165, 1.54) is 0 Å². The summed E-state index contributed by atoms with van der Waals surface area (Å²) in [6.07, 6.45) is -0.586. The highest BCUT2D eigenvalue weighted by atomic mass is 16.4. The average molecular weight is 459 g/mol. The van der Waals surface area contributed by atoms with E-state index in [2.05, 4.69) is 16.0 Å². The lowest BCUT2D eigenvalue weighted by Crippen LogP contribution is -2.59. The maximum Gasteiger partial charge on any atom is 0.326 e. The Morgan fingerprint density at radius 2 is 1.25 bits per heavy atom. The van der Waals surface area contributed by atoms with Crippen molar-refractivity contribution in [1.29, 1.82) is 0 Å². The Hall–Kier alpha value is -3.22. The minimum absolute atomic E-state index is 0.195. The fourth-order valence-electron chi connectivity index (χ4n) is 2.64. The van der Waals surface area contributed by atoms with E-state index in [0.29, 0.717) is 6.42 Å². The third-order valence-electron chi connectivity index (χ3n) is 4.86. The third kappa shape index (κ3) is 9.73. The van der Waals surface area contributed by atoms with Crippen LogP contribution >= 0.6 is 0 Å². The highest BCUT2D eigenvalue weighted by Gasteiger charge is 2.33. The molecular weight excluding hydrogens is 424 g/mol. The summed E-state index contributed by atoms with van der Waals surface area (Å²) < 4.78 is 0. The number of nitrogens with two attached hydrogens (primary N) is 3. The fraction of sp³-hybridized carbons (Fsp3) is 0.684. The van der Waals surface area contributed by atoms with E-state index in [1.54, 1.807) is 20.8 Å². The molecule has 13 heteroatoms. The van der Waals surface area contributed by atoms with Crippen LogP contribution in [0.4, 0.5) is 0 Å². The number of primary amides is 2. The number of carbonyl (C=O) groups excluding carboxylic acids is 5. The number of carboxylic acids is 1. The van der Waals surface area contributed by atoms with Crippen molar-refractivity contribution in [3.05, 3.63) is 0 Å². The molecule has 5 unspecified atom stereocenters. The minimum atomic E-state index is -1.59. The highest BCUT2D eigenvalue weighted by Crippen LogP contribution is 2.08. The van der Waals surface area contributed by atoms with Crippen molar-refractivity contribution in [2.45, 2.75) is 71.1 Å². The molecule has 0 saturated carbocycles. The maximum absolute atomic E-state index is 12.7. The normalized spacial score (nSPS) is 15.6. The molecule has 0 aliphatic carbocycles. The summed E-state index contributed by atoms with van der Waals surface area (Å²) in [7, 11) is 0. The summed E-state index contributed by atoms with van der Waals surface area (Å²) in [5.74, 6) is -6.45. The van der Waals surface area contributed by atoms with Crippen molar-refractivity contribution < 1.29 is 33.9 Å². The van der Waals surface area contributed by atoms with Crippen molar-refractivity contribution in [2.75, 3.05) is 0 Å². The first-order valence-electron chi connectivity index (χ1n) is 10.2. The van der Waals surface area contributed by atoms with Crippen molar-refractivity contribution in [1.82, 2.24) is 16.0 Å². The first kappa shape index (κ1) is 28.8. The topological polar surface area (TPSA) is 237 Å². The Bertz CT molecular complexity index is 727. The molecule has 32 heavy (non-hydrogen) atoms. The van der Waals surface area contributed by atoms with Gasteiger partial charge in [0.2, 0.25) is 29.5 Å². The summed E-state index contributed by atoms with van der Waals surface area (Å²) in [4.78, 5) is 71.4. The van der Waals surface area contributed by atoms with Gasteiger partial charge in [0.15, 0.2) is 0 Å². The smallest absolute Gasteiger partial charge is 0.326 e. The van der Waals surface area contributed by atoms with Gasteiger partial charge in [0.1, 0.15) is 18.1 Å². The SMILES string of the molecule is CCC(C)C(N)C(=O)NC(CC(N)=O)C(=O)NC(C(=O)NC(CC(N)=O)C(=O)O)C(C)C. The lowest BCUT2D eigenvalue weighted by atomic mass is 9.98. The Balaban J connectivity index is 5.50. The quantitative estimate of drug-likeness (QED) is 0.144. The van der Waals surface area contributed by atoms with Gasteiger partial charge >= 0.3 is 5.97 Å². The van der Waals surface area contributed by atoms with Crippen molar-refractivity contribution in [3.63, 3.8) is 0 Å². The molecule has 182 valence electrons. The van der Waals surface area contributed by atoms with Gasteiger partial charge in [-0.1, -0.05) is 34.1 Å². The molecule has 10 N–H and O–H groups in total. The molecule has 5 atom stereocenters. The zero-order valence-electron chi connectivity index (χ0n) is 18.7. The molecule has 0 aromatic heterocycles. The van der Waals surface area contributed by atoms with Crippen LogP contribution in [0.1, 0.15) is 47.0 Å². The zero-order chi connectivity index (χ0) is 25.2. The van der Waals surface area contributed by atoms with Crippen LogP contribution in [0, 0.1) is 11.8 Å². The Kier molecular flexibility index (Phi) is 11.9. The van der Waals surface area contributed by atoms with Crippen LogP contribution in [0.25, 0.3) is 0 Å². The number of carboxylic acid groups (broad SMARTS) is 1. The van der Waals surface area contributed by atoms with E-state index < -0.39 is 78.4 Å². The van der Waals surface area contributed by atoms with Crippen molar-refractivity contribution >= 4 is 35.5 Å². The second-order valence-electron chi connectivity index (χ2n) is 7.94. The number of hydrogen-bond donors (Lipinski definition) is 7. The molecule has 0 aromatic rings. The summed E-state index contributed by atoms with van der Waals surface area (Å²) in [5.41, 5.74) is 16.0. The Labute approximate surface area is 186 Å². The summed E-state index contributed by atoms with van der Waals surface area (Å²) >= 11 is 0. The monoisotopic (exact) mass is 458 g/mol. The average Bonchev–Trinajstić information content (AvgIpc) is 2.68. The molecule has 0 bridgehead atoms. The molecule has 13 nitrogen and oxygen atoms in total. The molecular formula is C19H34N6O7. The second-order valence-corrected chi connectivity index (χ2v) is 7.94. The van der Waals surface area contributed by atoms with Gasteiger partial charge in [-0.15, -0.1) is 0 Å². The highest BCUT2D eigenvalue weighted by molar-refractivity contribution is 5.96. The van der Waals surface area contributed by atoms with Gasteiger partial charge in [0, 0.05) is 0 Å². The number of rotatable bonds is 14. The van der Waals surface area contributed by atoms with Gasteiger partial charge < -0.3 is 38.3 Å². The molecule has 0 rings (SSSR count). The summed E-state index contributed by atoms with van der Waals surface area (Å²) in [6, 6.07) is -5.16. The van der Waals surface area contributed by atoms with Gasteiger partial charge in [-0.3, -0.25) is 24.0 Å². The van der Waals surface area contributed by atoms with Crippen LogP contribution in [0.2, 0.25) is 0 Å². The number of amides is 5. The van der Waals surface area contributed by atoms with E-state index in [0.717, 1.165) is 0 Å². The summed E-state index contributed by atoms with van der Waals surface area (Å²) in [5, 5.41) is 16.1. The molecule has 5 amide bonds. The number of hydrogen-bond acceptors (Lipinski definition) is 7. The summed E-state index contributed by atoms with van der Waals surface area (Å²) in [6.45, 7) is 6.74. The van der Waals surface area contributed by atoms with Crippen LogP contribution in [0.15, 0.2) is 0 Å². The van der Waals surface area contributed by atoms with Crippen LogP contribution in [0.5, 0.6) is 0 Å². The van der Waals surface area contributed by atoms with E-state index in [4.69, 9.17) is 22.3 Å². The lowest BCUT2D eigenvalue weighted by Gasteiger charge is -2.27. The molecule has 0 aliphatic heterocycles. The maximum atomic E-state index is 12.7. The van der Waals surface area contributed by atoms with Gasteiger partial charge in [-0.2, -0.15) is 0 Å². The number of carbonyl (C=O) groups is 6. The Morgan fingerprint density at radius 1 is 0.781 bits per heavy atom. The van der Waals surface area contributed by atoms with Gasteiger partial charge in [-0.05, 0) is 11.8 Å². The minimum Gasteiger partial charge on any atom is -0.480 e. The van der Waals surface area contributed by atoms with Crippen LogP contribution in [-0.4, -0.2) is 64.8 Å². The second kappa shape index (κ2) is 13.2. The first-order chi connectivity index (χ1) is 14.7. The van der Waals surface area contributed by atoms with Gasteiger partial charge in [0.25, 0.3) is 0 Å². The molecule has 0 saturated heterocycles. The Morgan fingerprint density at radius 3 is 1.66 bits per heavy atom. The van der Waals surface area contributed by atoms with E-state index >= 15 is 0 Å². The number of nitrogens with one attached hydrogen (secondary N) is 3. The van der Waals surface area contributed by atoms with Crippen LogP contribution in [-0.2, 0) is 28.8 Å². The molecule has 0 fully saturated rings. The zero-order valence-corrected chi connectivity index (χ0v) is 18.7. The van der Waals surface area contributed by atoms with Crippen LogP contribution in [0.3, 0.4) is 0 Å². The molecule has 0 radical (unpaired) electrons. The van der Waals surface area contributed by atoms with Crippen molar-refractivity contribution in [2.24, 2.45) is 29.0 Å². The van der Waals surface area contributed by atoms with Gasteiger partial charge in [0.05, 0.1) is 18.9 Å². The molecule has 0 heterocycles. The largest absolute Gasteiger partial charge is 0.480 e. The standard InChI is InChI=1S/C19H34N6O7/c1-5-9(4)14(22)17(29)23-10(6-12(20)26)16(28)25-15(8(2)3)18(30)24-11(19(31)32)7-13(21)27/h8-11,14-15H,5-7,22H2,1-4H3,(H2,20,26)(H2,21,27)(H,23,29)(H,24,30)(H,25,28)(H,31,32). The molecule has 0 spiro atoms. The van der Waals surface area contributed by atoms with Crippen LogP contribution < -0.4 is 33.2 Å².